The number of carbonyl (C=O) groups is 1. The monoisotopic (exact) mass is 521 g/mol. The van der Waals surface area contributed by atoms with Gasteiger partial charge in [0.05, 0.1) is 25.4 Å². The minimum atomic E-state index is -0.775. The summed E-state index contributed by atoms with van der Waals surface area (Å²) in [7, 11) is 0. The third kappa shape index (κ3) is 8.24. The van der Waals surface area contributed by atoms with E-state index in [0.29, 0.717) is 32.1 Å². The van der Waals surface area contributed by atoms with Gasteiger partial charge in [-0.3, -0.25) is 9.69 Å². The largest absolute Gasteiger partial charge is 0.481 e. The molecule has 4 rings (SSSR count). The fourth-order valence-corrected chi connectivity index (χ4v) is 5.81. The van der Waals surface area contributed by atoms with E-state index in [4.69, 9.17) is 14.6 Å². The number of ether oxygens (including phenoxy) is 2. The van der Waals surface area contributed by atoms with Crippen molar-refractivity contribution in [3.8, 4) is 11.1 Å². The number of carboxylic acid groups (broad SMARTS) is 1. The van der Waals surface area contributed by atoms with Gasteiger partial charge in [0.1, 0.15) is 0 Å². The maximum absolute atomic E-state index is 10.8. The van der Waals surface area contributed by atoms with Crippen LogP contribution in [-0.2, 0) is 27.3 Å². The van der Waals surface area contributed by atoms with Crippen LogP contribution in [0.3, 0.4) is 0 Å². The van der Waals surface area contributed by atoms with Gasteiger partial charge in [-0.25, -0.2) is 0 Å². The standard InChI is InChI=1S/C32H43NO5/c34-22-19-26-10-5-6-11-28(26)27-15-13-25(14-16-27)24-38-30-18-17-29(33-20-7-1-2-8-21-33)32(30)37-23-9-3-4-12-31(35)36/h3,5-6,9-11,13-16,29-30,32,34H,1-2,4,7-8,12,17-24H2,(H,35,36)/b9-3-/t29-,30?,32+/m0/s1. The summed E-state index contributed by atoms with van der Waals surface area (Å²) in [6, 6.07) is 17.1. The number of likely N-dealkylation sites (tertiary alicyclic amines) is 1. The van der Waals surface area contributed by atoms with E-state index in [1.54, 1.807) is 0 Å². The molecule has 0 aromatic heterocycles. The molecule has 1 aliphatic heterocycles. The molecule has 2 aromatic carbocycles. The number of hydrogen-bond donors (Lipinski definition) is 2. The van der Waals surface area contributed by atoms with Crippen molar-refractivity contribution in [1.29, 1.82) is 0 Å². The molecule has 2 aromatic rings. The van der Waals surface area contributed by atoms with Crippen LogP contribution in [0.4, 0.5) is 0 Å². The molecule has 0 radical (unpaired) electrons. The highest BCUT2D eigenvalue weighted by Gasteiger charge is 2.40. The van der Waals surface area contributed by atoms with Gasteiger partial charge in [0.2, 0.25) is 0 Å². The SMILES string of the molecule is O=C(O)CC/C=C\CO[C@H]1C(OCc2ccc(-c3ccccc3CCO)cc2)CC[C@@H]1N1CCCCCC1. The van der Waals surface area contributed by atoms with E-state index in [1.807, 2.05) is 24.3 Å². The molecule has 1 unspecified atom stereocenters. The van der Waals surface area contributed by atoms with E-state index in [-0.39, 0.29) is 25.2 Å². The van der Waals surface area contributed by atoms with Crippen molar-refractivity contribution in [2.24, 2.45) is 0 Å². The zero-order chi connectivity index (χ0) is 26.6. The lowest BCUT2D eigenvalue weighted by Crippen LogP contribution is -2.45. The Bertz CT molecular complexity index is 1010. The van der Waals surface area contributed by atoms with Crippen LogP contribution in [0, 0.1) is 0 Å². The predicted octanol–water partition coefficient (Wildman–Crippen LogP) is 5.62. The number of rotatable bonds is 13. The second-order valence-electron chi connectivity index (χ2n) is 10.5. The van der Waals surface area contributed by atoms with E-state index in [2.05, 4.69) is 41.3 Å². The summed E-state index contributed by atoms with van der Waals surface area (Å²) in [5, 5.41) is 18.2. The summed E-state index contributed by atoms with van der Waals surface area (Å²) >= 11 is 0. The topological polar surface area (TPSA) is 79.2 Å². The summed E-state index contributed by atoms with van der Waals surface area (Å²) in [5.74, 6) is -0.775. The Morgan fingerprint density at radius 3 is 2.45 bits per heavy atom. The molecule has 6 heteroatoms. The lowest BCUT2D eigenvalue weighted by molar-refractivity contribution is -0.136. The van der Waals surface area contributed by atoms with Gasteiger partial charge in [0.15, 0.2) is 0 Å². The van der Waals surface area contributed by atoms with Gasteiger partial charge < -0.3 is 19.7 Å². The average Bonchev–Trinajstić information content (AvgIpc) is 3.13. The van der Waals surface area contributed by atoms with Gasteiger partial charge in [0, 0.05) is 19.1 Å². The molecule has 2 aliphatic rings. The number of aliphatic carboxylic acids is 1. The highest BCUT2D eigenvalue weighted by Crippen LogP contribution is 2.32. The highest BCUT2D eigenvalue weighted by atomic mass is 16.5. The van der Waals surface area contributed by atoms with Crippen LogP contribution < -0.4 is 0 Å². The fourth-order valence-electron chi connectivity index (χ4n) is 5.81. The molecule has 2 fully saturated rings. The lowest BCUT2D eigenvalue weighted by atomic mass is 9.97. The Labute approximate surface area is 227 Å². The Morgan fingerprint density at radius 2 is 1.71 bits per heavy atom. The van der Waals surface area contributed by atoms with Crippen LogP contribution in [-0.4, -0.2) is 65.6 Å². The molecule has 3 atom stereocenters. The molecule has 1 heterocycles. The molecule has 1 saturated carbocycles. The van der Waals surface area contributed by atoms with E-state index in [0.717, 1.165) is 48.2 Å². The van der Waals surface area contributed by atoms with Crippen LogP contribution in [0.5, 0.6) is 0 Å². The van der Waals surface area contributed by atoms with E-state index < -0.39 is 5.97 Å². The third-order valence-corrected chi connectivity index (χ3v) is 7.81. The minimum absolute atomic E-state index is 0.0156. The number of nitrogens with zero attached hydrogens (tertiary/aromatic N) is 1. The molecule has 2 N–H and O–H groups in total. The number of aliphatic hydroxyl groups is 1. The lowest BCUT2D eigenvalue weighted by Gasteiger charge is -2.33. The maximum Gasteiger partial charge on any atom is 0.303 e. The van der Waals surface area contributed by atoms with Crippen molar-refractivity contribution in [3.05, 3.63) is 71.8 Å². The van der Waals surface area contributed by atoms with Gasteiger partial charge in [-0.2, -0.15) is 0 Å². The van der Waals surface area contributed by atoms with Gasteiger partial charge in [0.25, 0.3) is 0 Å². The molecule has 0 spiro atoms. The molecular weight excluding hydrogens is 478 g/mol. The molecule has 1 aliphatic carbocycles. The Kier molecular flexibility index (Phi) is 11.4. The first-order chi connectivity index (χ1) is 18.7. The van der Waals surface area contributed by atoms with Crippen LogP contribution >= 0.6 is 0 Å². The summed E-state index contributed by atoms with van der Waals surface area (Å²) in [4.78, 5) is 13.4. The zero-order valence-corrected chi connectivity index (χ0v) is 22.5. The van der Waals surface area contributed by atoms with Gasteiger partial charge in [-0.1, -0.05) is 73.5 Å². The first-order valence-electron chi connectivity index (χ1n) is 14.3. The van der Waals surface area contributed by atoms with Crippen LogP contribution in [0.25, 0.3) is 11.1 Å². The molecular formula is C32H43NO5. The second-order valence-corrected chi connectivity index (χ2v) is 10.5. The summed E-state index contributed by atoms with van der Waals surface area (Å²) in [5.41, 5.74) is 4.60. The van der Waals surface area contributed by atoms with Crippen molar-refractivity contribution in [2.45, 2.75) is 82.6 Å². The fraction of sp³-hybridized carbons (Fsp3) is 0.531. The highest BCUT2D eigenvalue weighted by molar-refractivity contribution is 5.67. The molecule has 0 bridgehead atoms. The van der Waals surface area contributed by atoms with Crippen molar-refractivity contribution >= 4 is 5.97 Å². The normalized spacial score (nSPS) is 22.6. The van der Waals surface area contributed by atoms with Gasteiger partial charge >= 0.3 is 5.97 Å². The van der Waals surface area contributed by atoms with E-state index in [9.17, 15) is 9.90 Å². The second kappa shape index (κ2) is 15.2. The van der Waals surface area contributed by atoms with Crippen molar-refractivity contribution in [3.63, 3.8) is 0 Å². The van der Waals surface area contributed by atoms with E-state index in [1.165, 1.54) is 25.7 Å². The van der Waals surface area contributed by atoms with Gasteiger partial charge in [-0.05, 0) is 73.9 Å². The first kappa shape index (κ1) is 28.5. The number of carboxylic acids is 1. The van der Waals surface area contributed by atoms with Crippen LogP contribution in [0.1, 0.15) is 62.5 Å². The van der Waals surface area contributed by atoms with E-state index >= 15 is 0 Å². The smallest absolute Gasteiger partial charge is 0.303 e. The van der Waals surface area contributed by atoms with Crippen molar-refractivity contribution < 1.29 is 24.5 Å². The maximum atomic E-state index is 10.8. The molecule has 206 valence electrons. The summed E-state index contributed by atoms with van der Waals surface area (Å²) in [6.07, 6.45) is 12.4. The number of allylic oxidation sites excluding steroid dienone is 1. The van der Waals surface area contributed by atoms with Crippen molar-refractivity contribution in [2.75, 3.05) is 26.3 Å². The molecule has 6 nitrogen and oxygen atoms in total. The van der Waals surface area contributed by atoms with Crippen LogP contribution in [0.15, 0.2) is 60.7 Å². The molecule has 38 heavy (non-hydrogen) atoms. The first-order valence-corrected chi connectivity index (χ1v) is 14.3. The number of aliphatic hydroxyl groups excluding tert-OH is 1. The predicted molar refractivity (Wildman–Crippen MR) is 150 cm³/mol. The number of benzene rings is 2. The third-order valence-electron chi connectivity index (χ3n) is 7.81. The van der Waals surface area contributed by atoms with Crippen LogP contribution in [0.2, 0.25) is 0 Å². The summed E-state index contributed by atoms with van der Waals surface area (Å²) in [6.45, 7) is 3.43. The molecule has 1 saturated heterocycles. The van der Waals surface area contributed by atoms with Crippen molar-refractivity contribution in [1.82, 2.24) is 4.90 Å². The quantitative estimate of drug-likeness (QED) is 0.333. The number of hydrogen-bond acceptors (Lipinski definition) is 5. The van der Waals surface area contributed by atoms with Gasteiger partial charge in [-0.15, -0.1) is 0 Å². The summed E-state index contributed by atoms with van der Waals surface area (Å²) < 4.78 is 12.9. The Balaban J connectivity index is 1.37. The minimum Gasteiger partial charge on any atom is -0.481 e. The Hall–Kier alpha value is -2.51. The zero-order valence-electron chi connectivity index (χ0n) is 22.5. The molecule has 0 amide bonds. The Morgan fingerprint density at radius 1 is 0.947 bits per heavy atom. The average molecular weight is 522 g/mol.